The van der Waals surface area contributed by atoms with Crippen molar-refractivity contribution >= 4 is 34.4 Å². The fourth-order valence-corrected chi connectivity index (χ4v) is 1.86. The van der Waals surface area contributed by atoms with Gasteiger partial charge in [-0.1, -0.05) is 46.9 Å². The summed E-state index contributed by atoms with van der Waals surface area (Å²) in [5.74, 6) is 2.30. The van der Waals surface area contributed by atoms with Crippen LogP contribution in [-0.4, -0.2) is 15.9 Å². The van der Waals surface area contributed by atoms with Gasteiger partial charge >= 0.3 is 0 Å². The molecule has 0 saturated carbocycles. The van der Waals surface area contributed by atoms with E-state index in [0.717, 1.165) is 11.5 Å². The first-order valence-electron chi connectivity index (χ1n) is 4.31. The second kappa shape index (κ2) is 11.6. The van der Waals surface area contributed by atoms with E-state index < -0.39 is 0 Å². The largest absolute Gasteiger partial charge is 0.154 e. The lowest BCUT2D eigenvalue weighted by Crippen LogP contribution is -1.75. The molecule has 0 atom stereocenters. The first-order valence-corrected chi connectivity index (χ1v) is 6.99. The average Bonchev–Trinajstić information content (AvgIpc) is 2.10. The second-order valence-electron chi connectivity index (χ2n) is 2.41. The van der Waals surface area contributed by atoms with E-state index in [-0.39, 0.29) is 0 Å². The highest BCUT2D eigenvalue weighted by Crippen LogP contribution is 2.02. The van der Waals surface area contributed by atoms with Gasteiger partial charge in [0.1, 0.15) is 0 Å². The van der Waals surface area contributed by atoms with Crippen molar-refractivity contribution in [1.82, 2.24) is 0 Å². The molecular formula is C10H17IS. The molecule has 0 aliphatic rings. The van der Waals surface area contributed by atoms with Gasteiger partial charge in [-0.25, -0.2) is 0 Å². The number of hydrogen-bond acceptors (Lipinski definition) is 1. The minimum atomic E-state index is 1.15. The Bertz CT molecular complexity index is 130. The third kappa shape index (κ3) is 10.6. The highest BCUT2D eigenvalue weighted by molar-refractivity contribution is 14.1. The van der Waals surface area contributed by atoms with Crippen LogP contribution in [0.2, 0.25) is 0 Å². The van der Waals surface area contributed by atoms with E-state index in [4.69, 9.17) is 0 Å². The third-order valence-electron chi connectivity index (χ3n) is 1.33. The highest BCUT2D eigenvalue weighted by Gasteiger charge is 1.80. The fraction of sp³-hybridized carbons (Fsp3) is 0.600. The van der Waals surface area contributed by atoms with E-state index >= 15 is 0 Å². The molecule has 0 aromatic rings. The van der Waals surface area contributed by atoms with E-state index in [1.54, 1.807) is 0 Å². The third-order valence-corrected chi connectivity index (χ3v) is 2.95. The maximum absolute atomic E-state index is 2.42. The monoisotopic (exact) mass is 296 g/mol. The Morgan fingerprint density at radius 2 is 1.92 bits per heavy atom. The summed E-state index contributed by atoms with van der Waals surface area (Å²) in [6.07, 6.45) is 11.4. The molecule has 0 aromatic carbocycles. The molecule has 0 heterocycles. The van der Waals surface area contributed by atoms with Crippen molar-refractivity contribution in [2.45, 2.75) is 19.8 Å². The molecule has 0 aliphatic carbocycles. The van der Waals surface area contributed by atoms with Crippen LogP contribution in [0.4, 0.5) is 0 Å². The molecule has 0 amide bonds. The predicted octanol–water partition coefficient (Wildman–Crippen LogP) is 4.07. The SMILES string of the molecule is C/C=C\CSC/C=C\CCCI. The van der Waals surface area contributed by atoms with Crippen LogP contribution in [0.15, 0.2) is 24.3 Å². The summed E-state index contributed by atoms with van der Waals surface area (Å²) in [6, 6.07) is 0. The van der Waals surface area contributed by atoms with Crippen molar-refractivity contribution in [2.75, 3.05) is 15.9 Å². The van der Waals surface area contributed by atoms with Crippen LogP contribution in [0.5, 0.6) is 0 Å². The van der Waals surface area contributed by atoms with Gasteiger partial charge in [-0.15, -0.1) is 0 Å². The lowest BCUT2D eigenvalue weighted by atomic mass is 10.3. The van der Waals surface area contributed by atoms with Gasteiger partial charge in [-0.3, -0.25) is 0 Å². The molecule has 0 radical (unpaired) electrons. The van der Waals surface area contributed by atoms with Gasteiger partial charge in [-0.2, -0.15) is 11.8 Å². The predicted molar refractivity (Wildman–Crippen MR) is 69.4 cm³/mol. The van der Waals surface area contributed by atoms with Crippen LogP contribution in [-0.2, 0) is 0 Å². The van der Waals surface area contributed by atoms with Crippen molar-refractivity contribution in [1.29, 1.82) is 0 Å². The van der Waals surface area contributed by atoms with Crippen LogP contribution in [0.25, 0.3) is 0 Å². The van der Waals surface area contributed by atoms with Crippen LogP contribution < -0.4 is 0 Å². The number of thioether (sulfide) groups is 1. The Hall–Kier alpha value is 0.560. The van der Waals surface area contributed by atoms with Gasteiger partial charge in [-0.05, 0) is 24.2 Å². The van der Waals surface area contributed by atoms with Crippen LogP contribution in [0.3, 0.4) is 0 Å². The Labute approximate surface area is 94.0 Å². The van der Waals surface area contributed by atoms with E-state index in [1.165, 1.54) is 17.3 Å². The summed E-state index contributed by atoms with van der Waals surface area (Å²) < 4.78 is 1.27. The molecule has 0 bridgehead atoms. The number of allylic oxidation sites excluding steroid dienone is 2. The zero-order chi connectivity index (χ0) is 9.07. The first kappa shape index (κ1) is 12.6. The molecule has 70 valence electrons. The Morgan fingerprint density at radius 3 is 2.58 bits per heavy atom. The molecule has 0 spiro atoms. The molecule has 0 nitrogen and oxygen atoms in total. The summed E-state index contributed by atoms with van der Waals surface area (Å²) in [4.78, 5) is 0. The van der Waals surface area contributed by atoms with Gasteiger partial charge in [0, 0.05) is 11.5 Å². The van der Waals surface area contributed by atoms with Crippen LogP contribution in [0, 0.1) is 0 Å². The van der Waals surface area contributed by atoms with Crippen molar-refractivity contribution in [3.8, 4) is 0 Å². The van der Waals surface area contributed by atoms with Crippen molar-refractivity contribution in [3.63, 3.8) is 0 Å². The van der Waals surface area contributed by atoms with Gasteiger partial charge in [0.05, 0.1) is 0 Å². The maximum atomic E-state index is 2.42. The number of rotatable bonds is 7. The lowest BCUT2D eigenvalue weighted by molar-refractivity contribution is 0.985. The minimum absolute atomic E-state index is 1.15. The molecule has 0 fully saturated rings. The summed E-state index contributed by atoms with van der Waals surface area (Å²) in [5, 5.41) is 0. The minimum Gasteiger partial charge on any atom is -0.154 e. The van der Waals surface area contributed by atoms with Gasteiger partial charge in [0.15, 0.2) is 0 Å². The summed E-state index contributed by atoms with van der Waals surface area (Å²) in [5.41, 5.74) is 0. The Kier molecular flexibility index (Phi) is 12.1. The molecule has 2 heteroatoms. The van der Waals surface area contributed by atoms with Crippen molar-refractivity contribution < 1.29 is 0 Å². The highest BCUT2D eigenvalue weighted by atomic mass is 127. The fourth-order valence-electron chi connectivity index (χ4n) is 0.681. The van der Waals surface area contributed by atoms with Gasteiger partial charge in [0.2, 0.25) is 0 Å². The van der Waals surface area contributed by atoms with E-state index in [2.05, 4.69) is 53.8 Å². The molecule has 0 rings (SSSR count). The molecule has 12 heavy (non-hydrogen) atoms. The van der Waals surface area contributed by atoms with E-state index in [0.29, 0.717) is 0 Å². The number of alkyl halides is 1. The topological polar surface area (TPSA) is 0 Å². The van der Waals surface area contributed by atoms with E-state index in [1.807, 2.05) is 11.8 Å². The number of hydrogen-bond donors (Lipinski definition) is 0. The molecular weight excluding hydrogens is 279 g/mol. The van der Waals surface area contributed by atoms with E-state index in [9.17, 15) is 0 Å². The molecule has 0 aromatic heterocycles. The number of unbranched alkanes of at least 4 members (excludes halogenated alkanes) is 1. The maximum Gasteiger partial charge on any atom is 0.0116 e. The quantitative estimate of drug-likeness (QED) is 0.295. The zero-order valence-corrected chi connectivity index (χ0v) is 10.6. The summed E-state index contributed by atoms with van der Waals surface area (Å²) in [7, 11) is 0. The van der Waals surface area contributed by atoms with Crippen LogP contribution in [0.1, 0.15) is 19.8 Å². The van der Waals surface area contributed by atoms with Gasteiger partial charge < -0.3 is 0 Å². The molecule has 0 unspecified atom stereocenters. The number of halogens is 1. The smallest absolute Gasteiger partial charge is 0.0116 e. The molecule has 0 aliphatic heterocycles. The van der Waals surface area contributed by atoms with Gasteiger partial charge in [0.25, 0.3) is 0 Å². The Morgan fingerprint density at radius 1 is 1.17 bits per heavy atom. The molecule has 0 N–H and O–H groups in total. The van der Waals surface area contributed by atoms with Crippen molar-refractivity contribution in [2.24, 2.45) is 0 Å². The molecule has 0 saturated heterocycles. The summed E-state index contributed by atoms with van der Waals surface area (Å²) >= 11 is 4.38. The van der Waals surface area contributed by atoms with Crippen molar-refractivity contribution in [3.05, 3.63) is 24.3 Å². The van der Waals surface area contributed by atoms with Crippen LogP contribution >= 0.6 is 34.4 Å². The average molecular weight is 296 g/mol. The Balaban J connectivity index is 3.02. The zero-order valence-electron chi connectivity index (χ0n) is 7.63. The normalized spacial score (nSPS) is 11.8. The second-order valence-corrected chi connectivity index (χ2v) is 4.56. The summed E-state index contributed by atoms with van der Waals surface area (Å²) in [6.45, 7) is 2.07. The standard InChI is InChI=1S/C10H17IS/c1-2-3-9-12-10-7-5-4-6-8-11/h2-3,5,7H,4,6,8-10H2,1H3/b3-2-,7-5-. The first-order chi connectivity index (χ1) is 5.91. The lowest BCUT2D eigenvalue weighted by Gasteiger charge is -1.90.